The molecule has 5 heteroatoms. The summed E-state index contributed by atoms with van der Waals surface area (Å²) in [4.78, 5) is 5.18. The van der Waals surface area contributed by atoms with Gasteiger partial charge in [0.2, 0.25) is 0 Å². The number of likely N-dealkylation sites (tertiary alicyclic amines) is 1. The Bertz CT molecular complexity index is 549. The fourth-order valence-corrected chi connectivity index (χ4v) is 3.78. The van der Waals surface area contributed by atoms with Gasteiger partial charge in [-0.15, -0.1) is 0 Å². The Kier molecular flexibility index (Phi) is 6.08. The Labute approximate surface area is 144 Å². The van der Waals surface area contributed by atoms with Crippen molar-refractivity contribution in [3.05, 3.63) is 29.8 Å². The Morgan fingerprint density at radius 1 is 1.21 bits per heavy atom. The molecule has 3 rings (SSSR count). The highest BCUT2D eigenvalue weighted by Gasteiger charge is 2.34. The molecule has 2 atom stereocenters. The first-order chi connectivity index (χ1) is 11.8. The van der Waals surface area contributed by atoms with Crippen LogP contribution in [0.1, 0.15) is 25.3 Å². The van der Waals surface area contributed by atoms with Gasteiger partial charge >= 0.3 is 0 Å². The van der Waals surface area contributed by atoms with E-state index < -0.39 is 0 Å². The van der Waals surface area contributed by atoms with Gasteiger partial charge in [-0.25, -0.2) is 0 Å². The molecule has 2 saturated heterocycles. The summed E-state index contributed by atoms with van der Waals surface area (Å²) in [6, 6.07) is 10.7. The number of nitriles is 1. The standard InChI is InChI=1S/C19H27N3O2/c1-16-19(22-10-13-23-14-11-22)7-9-21(16)8-2-12-24-18-5-3-17(15-20)4-6-18/h3-6,16,19H,2,7-14H2,1H3/t16-,19-/m1/s1. The highest BCUT2D eigenvalue weighted by molar-refractivity contribution is 5.34. The van der Waals surface area contributed by atoms with Crippen molar-refractivity contribution in [2.45, 2.75) is 31.8 Å². The number of hydrogen-bond acceptors (Lipinski definition) is 5. The van der Waals surface area contributed by atoms with Gasteiger partial charge in [-0.1, -0.05) is 0 Å². The minimum Gasteiger partial charge on any atom is -0.494 e. The summed E-state index contributed by atoms with van der Waals surface area (Å²) in [6.45, 7) is 9.24. The molecular formula is C19H27N3O2. The van der Waals surface area contributed by atoms with Crippen LogP contribution in [0.25, 0.3) is 0 Å². The molecule has 130 valence electrons. The van der Waals surface area contributed by atoms with Crippen molar-refractivity contribution < 1.29 is 9.47 Å². The molecule has 0 amide bonds. The molecule has 0 aromatic heterocycles. The number of hydrogen-bond donors (Lipinski definition) is 0. The topological polar surface area (TPSA) is 48.7 Å². The molecule has 2 heterocycles. The molecule has 0 N–H and O–H groups in total. The second kappa shape index (κ2) is 8.48. The van der Waals surface area contributed by atoms with Crippen LogP contribution in [0.5, 0.6) is 5.75 Å². The summed E-state index contributed by atoms with van der Waals surface area (Å²) < 4.78 is 11.2. The maximum atomic E-state index is 8.80. The van der Waals surface area contributed by atoms with Crippen LogP contribution in [0, 0.1) is 11.3 Å². The number of benzene rings is 1. The molecule has 2 aliphatic rings. The molecule has 24 heavy (non-hydrogen) atoms. The summed E-state index contributed by atoms with van der Waals surface area (Å²) in [5, 5.41) is 8.80. The summed E-state index contributed by atoms with van der Waals surface area (Å²) in [6.07, 6.45) is 2.29. The molecule has 1 aromatic rings. The highest BCUT2D eigenvalue weighted by atomic mass is 16.5. The molecule has 2 aliphatic heterocycles. The van der Waals surface area contributed by atoms with E-state index in [1.54, 1.807) is 12.1 Å². The van der Waals surface area contributed by atoms with Crippen LogP contribution >= 0.6 is 0 Å². The normalized spacial score (nSPS) is 25.5. The lowest BCUT2D eigenvalue weighted by Gasteiger charge is -2.35. The van der Waals surface area contributed by atoms with Gasteiger partial charge < -0.3 is 9.47 Å². The number of rotatable bonds is 6. The quantitative estimate of drug-likeness (QED) is 0.748. The molecular weight excluding hydrogens is 302 g/mol. The Morgan fingerprint density at radius 2 is 1.96 bits per heavy atom. The first-order valence-electron chi connectivity index (χ1n) is 8.97. The molecule has 0 radical (unpaired) electrons. The van der Waals surface area contributed by atoms with Crippen molar-refractivity contribution in [3.8, 4) is 11.8 Å². The second-order valence-corrected chi connectivity index (χ2v) is 6.62. The zero-order valence-corrected chi connectivity index (χ0v) is 14.5. The van der Waals surface area contributed by atoms with E-state index in [1.807, 2.05) is 12.1 Å². The number of ether oxygens (including phenoxy) is 2. The van der Waals surface area contributed by atoms with Crippen molar-refractivity contribution in [1.82, 2.24) is 9.80 Å². The zero-order chi connectivity index (χ0) is 16.8. The number of nitrogens with zero attached hydrogens (tertiary/aromatic N) is 3. The van der Waals surface area contributed by atoms with E-state index in [2.05, 4.69) is 22.8 Å². The monoisotopic (exact) mass is 329 g/mol. The Morgan fingerprint density at radius 3 is 2.67 bits per heavy atom. The van der Waals surface area contributed by atoms with Crippen molar-refractivity contribution in [2.75, 3.05) is 46.0 Å². The molecule has 0 unspecified atom stereocenters. The van der Waals surface area contributed by atoms with Gasteiger partial charge in [0.15, 0.2) is 0 Å². The van der Waals surface area contributed by atoms with Crippen LogP contribution in [-0.2, 0) is 4.74 Å². The molecule has 0 bridgehead atoms. The maximum Gasteiger partial charge on any atom is 0.119 e. The van der Waals surface area contributed by atoms with Gasteiger partial charge in [-0.3, -0.25) is 9.80 Å². The molecule has 0 spiro atoms. The average Bonchev–Trinajstić information content (AvgIpc) is 3.00. The maximum absolute atomic E-state index is 8.80. The van der Waals surface area contributed by atoms with Gasteiger partial charge in [0.05, 0.1) is 31.5 Å². The molecule has 1 aromatic carbocycles. The molecule has 2 fully saturated rings. The van der Waals surface area contributed by atoms with E-state index >= 15 is 0 Å². The second-order valence-electron chi connectivity index (χ2n) is 6.62. The third-order valence-electron chi connectivity index (χ3n) is 5.20. The SMILES string of the molecule is C[C@@H]1[C@H](N2CCOCC2)CCN1CCCOc1ccc(C#N)cc1. The van der Waals surface area contributed by atoms with Crippen LogP contribution in [0.3, 0.4) is 0 Å². The fraction of sp³-hybridized carbons (Fsp3) is 0.632. The van der Waals surface area contributed by atoms with Crippen molar-refractivity contribution in [3.63, 3.8) is 0 Å². The predicted octanol–water partition coefficient (Wildman–Crippen LogP) is 2.12. The van der Waals surface area contributed by atoms with Gasteiger partial charge in [-0.2, -0.15) is 5.26 Å². The van der Waals surface area contributed by atoms with Crippen molar-refractivity contribution >= 4 is 0 Å². The minimum absolute atomic E-state index is 0.609. The lowest BCUT2D eigenvalue weighted by atomic mass is 10.1. The third-order valence-corrected chi connectivity index (χ3v) is 5.20. The van der Waals surface area contributed by atoms with Gasteiger partial charge in [0, 0.05) is 38.3 Å². The van der Waals surface area contributed by atoms with Crippen molar-refractivity contribution in [1.29, 1.82) is 5.26 Å². The minimum atomic E-state index is 0.609. The highest BCUT2D eigenvalue weighted by Crippen LogP contribution is 2.23. The van der Waals surface area contributed by atoms with Gasteiger partial charge in [-0.05, 0) is 44.0 Å². The molecule has 5 nitrogen and oxygen atoms in total. The van der Waals surface area contributed by atoms with E-state index in [0.717, 1.165) is 51.6 Å². The summed E-state index contributed by atoms with van der Waals surface area (Å²) in [7, 11) is 0. The summed E-state index contributed by atoms with van der Waals surface area (Å²) >= 11 is 0. The van der Waals surface area contributed by atoms with Gasteiger partial charge in [0.1, 0.15) is 5.75 Å². The van der Waals surface area contributed by atoms with E-state index in [0.29, 0.717) is 17.6 Å². The Balaban J connectivity index is 1.38. The molecule has 0 aliphatic carbocycles. The van der Waals surface area contributed by atoms with Crippen LogP contribution in [-0.4, -0.2) is 67.9 Å². The fourth-order valence-electron chi connectivity index (χ4n) is 3.78. The first-order valence-corrected chi connectivity index (χ1v) is 8.97. The lowest BCUT2D eigenvalue weighted by Crippen LogP contribution is -2.48. The average molecular weight is 329 g/mol. The molecule has 0 saturated carbocycles. The van der Waals surface area contributed by atoms with Gasteiger partial charge in [0.25, 0.3) is 0 Å². The van der Waals surface area contributed by atoms with E-state index in [4.69, 9.17) is 14.7 Å². The van der Waals surface area contributed by atoms with E-state index in [1.165, 1.54) is 13.0 Å². The van der Waals surface area contributed by atoms with Crippen LogP contribution in [0.15, 0.2) is 24.3 Å². The van der Waals surface area contributed by atoms with Crippen LogP contribution < -0.4 is 4.74 Å². The Hall–Kier alpha value is -1.61. The summed E-state index contributed by atoms with van der Waals surface area (Å²) in [5.74, 6) is 0.842. The zero-order valence-electron chi connectivity index (χ0n) is 14.5. The lowest BCUT2D eigenvalue weighted by molar-refractivity contribution is 0.0101. The van der Waals surface area contributed by atoms with E-state index in [-0.39, 0.29) is 0 Å². The number of morpholine rings is 1. The largest absolute Gasteiger partial charge is 0.494 e. The third kappa shape index (κ3) is 4.27. The van der Waals surface area contributed by atoms with E-state index in [9.17, 15) is 0 Å². The summed E-state index contributed by atoms with van der Waals surface area (Å²) in [5.41, 5.74) is 0.669. The first kappa shape index (κ1) is 17.2. The van der Waals surface area contributed by atoms with Crippen LogP contribution in [0.2, 0.25) is 0 Å². The van der Waals surface area contributed by atoms with Crippen LogP contribution in [0.4, 0.5) is 0 Å². The smallest absolute Gasteiger partial charge is 0.119 e. The predicted molar refractivity (Wildman–Crippen MR) is 93.1 cm³/mol. The van der Waals surface area contributed by atoms with Crippen molar-refractivity contribution in [2.24, 2.45) is 0 Å².